The normalized spacial score (nSPS) is 14.2. The molecule has 0 aliphatic heterocycles. The highest BCUT2D eigenvalue weighted by Gasteiger charge is 2.27. The number of rotatable bonds is 2. The average molecular weight is 236 g/mol. The van der Waals surface area contributed by atoms with E-state index in [1.54, 1.807) is 0 Å². The summed E-state index contributed by atoms with van der Waals surface area (Å²) in [5.74, 6) is -0.0488. The van der Waals surface area contributed by atoms with Crippen molar-refractivity contribution in [2.24, 2.45) is 0 Å². The second-order valence-electron chi connectivity index (χ2n) is 3.83. The summed E-state index contributed by atoms with van der Waals surface area (Å²) >= 11 is 0. The average Bonchev–Trinajstić information content (AvgIpc) is 2.26. The predicted molar refractivity (Wildman–Crippen MR) is 56.8 cm³/mol. The van der Waals surface area contributed by atoms with Gasteiger partial charge in [0.2, 0.25) is 0 Å². The van der Waals surface area contributed by atoms with Gasteiger partial charge in [0.1, 0.15) is 5.78 Å². The van der Waals surface area contributed by atoms with Crippen LogP contribution in [-0.2, 0) is 17.6 Å². The number of ketones is 1. The number of carbonyl (C=O) groups is 1. The van der Waals surface area contributed by atoms with Crippen LogP contribution in [0.25, 0.3) is 0 Å². The molecule has 0 atom stereocenters. The molecule has 7 nitrogen and oxygen atoms in total. The molecular formula is C10H8N2O5. The highest BCUT2D eigenvalue weighted by molar-refractivity contribution is 5.84. The molecule has 2 rings (SSSR count). The highest BCUT2D eigenvalue weighted by Crippen LogP contribution is 2.32. The fourth-order valence-electron chi connectivity index (χ4n) is 1.98. The standard InChI is InChI=1S/C10H8N2O5/c13-8-1-2-9-6(4-8)3-7(11(14)15)5-10(9)12(16)17/h3,5H,1-2,4H2. The van der Waals surface area contributed by atoms with Gasteiger partial charge in [-0.1, -0.05) is 0 Å². The van der Waals surface area contributed by atoms with Crippen molar-refractivity contribution in [1.29, 1.82) is 0 Å². The fourth-order valence-corrected chi connectivity index (χ4v) is 1.98. The lowest BCUT2D eigenvalue weighted by Gasteiger charge is -2.14. The molecule has 0 bridgehead atoms. The van der Waals surface area contributed by atoms with Crippen molar-refractivity contribution < 1.29 is 14.6 Å². The molecule has 17 heavy (non-hydrogen) atoms. The summed E-state index contributed by atoms with van der Waals surface area (Å²) < 4.78 is 0. The first kappa shape index (κ1) is 11.2. The fraction of sp³-hybridized carbons (Fsp3) is 0.300. The molecule has 0 unspecified atom stereocenters. The maximum Gasteiger partial charge on any atom is 0.279 e. The number of non-ortho nitro benzene ring substituents is 1. The number of carbonyl (C=O) groups excluding carboxylic acids is 1. The topological polar surface area (TPSA) is 103 Å². The van der Waals surface area contributed by atoms with Crippen LogP contribution in [0.15, 0.2) is 12.1 Å². The Labute approximate surface area is 95.4 Å². The Hall–Kier alpha value is -2.31. The molecule has 0 fully saturated rings. The Balaban J connectivity index is 2.63. The van der Waals surface area contributed by atoms with E-state index in [1.165, 1.54) is 6.07 Å². The molecule has 1 aliphatic rings. The quantitative estimate of drug-likeness (QED) is 0.572. The number of benzene rings is 1. The van der Waals surface area contributed by atoms with E-state index in [2.05, 4.69) is 0 Å². The van der Waals surface area contributed by atoms with Crippen molar-refractivity contribution >= 4 is 17.2 Å². The first-order valence-corrected chi connectivity index (χ1v) is 4.95. The first-order chi connectivity index (χ1) is 7.99. The summed E-state index contributed by atoms with van der Waals surface area (Å²) in [6.45, 7) is 0. The smallest absolute Gasteiger partial charge is 0.279 e. The molecule has 88 valence electrons. The lowest BCUT2D eigenvalue weighted by atomic mass is 9.89. The van der Waals surface area contributed by atoms with E-state index in [1.807, 2.05) is 0 Å². The van der Waals surface area contributed by atoms with Gasteiger partial charge in [-0.15, -0.1) is 0 Å². The molecule has 1 aliphatic carbocycles. The Morgan fingerprint density at radius 2 is 1.76 bits per heavy atom. The van der Waals surface area contributed by atoms with Gasteiger partial charge >= 0.3 is 0 Å². The van der Waals surface area contributed by atoms with E-state index in [9.17, 15) is 25.0 Å². The van der Waals surface area contributed by atoms with Gasteiger partial charge in [0.15, 0.2) is 0 Å². The molecule has 0 saturated carbocycles. The number of nitro benzene ring substituents is 2. The molecule has 0 aromatic heterocycles. The maximum absolute atomic E-state index is 11.2. The first-order valence-electron chi connectivity index (χ1n) is 4.95. The lowest BCUT2D eigenvalue weighted by molar-refractivity contribution is -0.394. The maximum atomic E-state index is 11.2. The SMILES string of the molecule is O=C1CCc2c(cc([N+](=O)[O-])cc2[N+](=O)[O-])C1. The molecule has 0 radical (unpaired) electrons. The number of nitrogens with zero attached hydrogens (tertiary/aromatic N) is 2. The summed E-state index contributed by atoms with van der Waals surface area (Å²) in [7, 11) is 0. The molecule has 1 aromatic carbocycles. The lowest BCUT2D eigenvalue weighted by Crippen LogP contribution is -2.15. The van der Waals surface area contributed by atoms with E-state index < -0.39 is 9.85 Å². The van der Waals surface area contributed by atoms with Gasteiger partial charge < -0.3 is 0 Å². The number of hydrogen-bond donors (Lipinski definition) is 0. The second kappa shape index (κ2) is 3.93. The third-order valence-corrected chi connectivity index (χ3v) is 2.75. The monoisotopic (exact) mass is 236 g/mol. The molecule has 0 heterocycles. The third-order valence-electron chi connectivity index (χ3n) is 2.75. The number of nitro groups is 2. The molecular weight excluding hydrogens is 228 g/mol. The summed E-state index contributed by atoms with van der Waals surface area (Å²) in [6.07, 6.45) is 0.575. The summed E-state index contributed by atoms with van der Waals surface area (Å²) in [5, 5.41) is 21.5. The van der Waals surface area contributed by atoms with Crippen LogP contribution < -0.4 is 0 Å². The summed E-state index contributed by atoms with van der Waals surface area (Å²) in [4.78, 5) is 31.4. The molecule has 7 heteroatoms. The van der Waals surface area contributed by atoms with E-state index >= 15 is 0 Å². The van der Waals surface area contributed by atoms with Crippen LogP contribution in [0, 0.1) is 20.2 Å². The van der Waals surface area contributed by atoms with Crippen LogP contribution >= 0.6 is 0 Å². The van der Waals surface area contributed by atoms with Crippen LogP contribution in [0.3, 0.4) is 0 Å². The van der Waals surface area contributed by atoms with Gasteiger partial charge in [-0.3, -0.25) is 25.0 Å². The van der Waals surface area contributed by atoms with Crippen molar-refractivity contribution in [2.45, 2.75) is 19.3 Å². The minimum Gasteiger partial charge on any atom is -0.299 e. The van der Waals surface area contributed by atoms with Crippen molar-refractivity contribution in [3.63, 3.8) is 0 Å². The van der Waals surface area contributed by atoms with Gasteiger partial charge in [-0.25, -0.2) is 0 Å². The van der Waals surface area contributed by atoms with E-state index in [-0.39, 0.29) is 36.4 Å². The highest BCUT2D eigenvalue weighted by atomic mass is 16.6. The molecule has 0 amide bonds. The number of hydrogen-bond acceptors (Lipinski definition) is 5. The zero-order valence-corrected chi connectivity index (χ0v) is 8.71. The largest absolute Gasteiger partial charge is 0.299 e. The van der Waals surface area contributed by atoms with Gasteiger partial charge in [0.25, 0.3) is 11.4 Å². The van der Waals surface area contributed by atoms with Crippen molar-refractivity contribution in [1.82, 2.24) is 0 Å². The Morgan fingerprint density at radius 3 is 2.35 bits per heavy atom. The van der Waals surface area contributed by atoms with Crippen molar-refractivity contribution in [3.8, 4) is 0 Å². The van der Waals surface area contributed by atoms with Crippen molar-refractivity contribution in [2.75, 3.05) is 0 Å². The predicted octanol–water partition coefficient (Wildman–Crippen LogP) is 1.56. The van der Waals surface area contributed by atoms with Crippen LogP contribution in [0.2, 0.25) is 0 Å². The molecule has 0 spiro atoms. The minimum atomic E-state index is -0.688. The Kier molecular flexibility index (Phi) is 2.58. The van der Waals surface area contributed by atoms with Crippen LogP contribution in [-0.4, -0.2) is 15.6 Å². The molecule has 0 saturated heterocycles. The summed E-state index contributed by atoms with van der Waals surface area (Å²) in [5.41, 5.74) is 0.245. The summed E-state index contributed by atoms with van der Waals surface area (Å²) in [6, 6.07) is 2.20. The zero-order valence-electron chi connectivity index (χ0n) is 8.71. The van der Waals surface area contributed by atoms with Crippen LogP contribution in [0.1, 0.15) is 17.5 Å². The van der Waals surface area contributed by atoms with Gasteiger partial charge in [-0.2, -0.15) is 0 Å². The molecule has 1 aromatic rings. The van der Waals surface area contributed by atoms with Gasteiger partial charge in [0, 0.05) is 24.5 Å². The van der Waals surface area contributed by atoms with E-state index in [0.29, 0.717) is 11.1 Å². The minimum absolute atomic E-state index is 0.0395. The zero-order chi connectivity index (χ0) is 12.6. The Bertz CT molecular complexity index is 538. The molecule has 0 N–H and O–H groups in total. The second-order valence-corrected chi connectivity index (χ2v) is 3.83. The van der Waals surface area contributed by atoms with E-state index in [0.717, 1.165) is 6.07 Å². The van der Waals surface area contributed by atoms with Crippen LogP contribution in [0.4, 0.5) is 11.4 Å². The number of fused-ring (bicyclic) bond motifs is 1. The third kappa shape index (κ3) is 1.99. The van der Waals surface area contributed by atoms with E-state index in [4.69, 9.17) is 0 Å². The Morgan fingerprint density at radius 1 is 1.06 bits per heavy atom. The van der Waals surface area contributed by atoms with Crippen LogP contribution in [0.5, 0.6) is 0 Å². The van der Waals surface area contributed by atoms with Gasteiger partial charge in [-0.05, 0) is 12.0 Å². The number of Topliss-reactive ketones (excluding diaryl/α,β-unsaturated/α-hetero) is 1. The van der Waals surface area contributed by atoms with Gasteiger partial charge in [0.05, 0.1) is 15.9 Å². The van der Waals surface area contributed by atoms with Crippen molar-refractivity contribution in [3.05, 3.63) is 43.5 Å².